The molecule has 1 aliphatic carbocycles. The molecule has 33 heavy (non-hydrogen) atoms. The highest BCUT2D eigenvalue weighted by Crippen LogP contribution is 2.43. The third kappa shape index (κ3) is 3.73. The number of hydrogen-bond acceptors (Lipinski definition) is 3. The van der Waals surface area contributed by atoms with Gasteiger partial charge in [-0.15, -0.1) is 0 Å². The zero-order valence-electron chi connectivity index (χ0n) is 18.4. The minimum Gasteiger partial charge on any atom is -0.322 e. The van der Waals surface area contributed by atoms with Crippen LogP contribution in [0.15, 0.2) is 77.3 Å². The van der Waals surface area contributed by atoms with E-state index in [2.05, 4.69) is 86.5 Å². The van der Waals surface area contributed by atoms with Crippen molar-refractivity contribution in [3.8, 4) is 22.5 Å². The zero-order valence-corrected chi connectivity index (χ0v) is 20.0. The SMILES string of the molecule is O=C(C1CC1)[C@@]1(Cn2c(-c3ccc(-c4ccccc4)cc3)nc3cccc(Br)c32)CCNC1. The van der Waals surface area contributed by atoms with Gasteiger partial charge in [-0.05, 0) is 65.0 Å². The molecule has 0 unspecified atom stereocenters. The highest BCUT2D eigenvalue weighted by molar-refractivity contribution is 9.10. The molecule has 2 aliphatic rings. The second-order valence-corrected chi connectivity index (χ2v) is 10.3. The van der Waals surface area contributed by atoms with E-state index in [4.69, 9.17) is 4.98 Å². The quantitative estimate of drug-likeness (QED) is 0.349. The summed E-state index contributed by atoms with van der Waals surface area (Å²) < 4.78 is 3.30. The van der Waals surface area contributed by atoms with Gasteiger partial charge in [-0.3, -0.25) is 4.79 Å². The average Bonchev–Trinajstić information content (AvgIpc) is 3.48. The Bertz CT molecular complexity index is 1320. The number of fused-ring (bicyclic) bond motifs is 1. The Hall–Kier alpha value is -2.76. The number of benzene rings is 3. The summed E-state index contributed by atoms with van der Waals surface area (Å²) in [4.78, 5) is 18.5. The zero-order chi connectivity index (χ0) is 22.4. The molecule has 1 aliphatic heterocycles. The molecule has 0 spiro atoms. The van der Waals surface area contributed by atoms with Gasteiger partial charge in [-0.25, -0.2) is 4.98 Å². The van der Waals surface area contributed by atoms with Crippen LogP contribution in [0, 0.1) is 11.3 Å². The topological polar surface area (TPSA) is 46.9 Å². The fourth-order valence-corrected chi connectivity index (χ4v) is 5.78. The predicted molar refractivity (Wildman–Crippen MR) is 136 cm³/mol. The van der Waals surface area contributed by atoms with E-state index < -0.39 is 0 Å². The Morgan fingerprint density at radius 1 is 0.970 bits per heavy atom. The molecule has 5 heteroatoms. The molecular weight excluding hydrogens is 474 g/mol. The first-order valence-corrected chi connectivity index (χ1v) is 12.5. The minimum absolute atomic E-state index is 0.247. The Balaban J connectivity index is 1.46. The first-order valence-electron chi connectivity index (χ1n) is 11.7. The van der Waals surface area contributed by atoms with Crippen LogP contribution in [0.3, 0.4) is 0 Å². The standard InChI is InChI=1S/C28H26BrN3O/c29-23-7-4-8-24-25(23)32(18-28(15-16-30-17-28)26(33)21-11-12-21)27(31-24)22-13-9-20(10-14-22)19-5-2-1-3-6-19/h1-10,13-14,21,30H,11-12,15-18H2/t28-/m0/s1. The summed E-state index contributed by atoms with van der Waals surface area (Å²) >= 11 is 3.76. The number of rotatable bonds is 6. The van der Waals surface area contributed by atoms with E-state index in [1.807, 2.05) is 12.1 Å². The van der Waals surface area contributed by atoms with Gasteiger partial charge in [0.1, 0.15) is 11.6 Å². The summed E-state index contributed by atoms with van der Waals surface area (Å²) in [5.74, 6) is 1.61. The van der Waals surface area contributed by atoms with Crippen molar-refractivity contribution in [3.05, 3.63) is 77.3 Å². The number of halogens is 1. The maximum atomic E-state index is 13.4. The van der Waals surface area contributed by atoms with E-state index in [1.54, 1.807) is 0 Å². The first-order chi connectivity index (χ1) is 16.1. The number of carbonyl (C=O) groups is 1. The maximum absolute atomic E-state index is 13.4. The number of ketones is 1. The van der Waals surface area contributed by atoms with Crippen molar-refractivity contribution < 1.29 is 4.79 Å². The Kier molecular flexibility index (Phi) is 5.19. The third-order valence-electron chi connectivity index (χ3n) is 7.14. The largest absolute Gasteiger partial charge is 0.322 e. The molecule has 2 fully saturated rings. The van der Waals surface area contributed by atoms with E-state index in [9.17, 15) is 4.79 Å². The van der Waals surface area contributed by atoms with Gasteiger partial charge in [0, 0.05) is 29.0 Å². The van der Waals surface area contributed by atoms with E-state index >= 15 is 0 Å². The molecule has 1 saturated carbocycles. The van der Waals surface area contributed by atoms with Crippen LogP contribution < -0.4 is 5.32 Å². The molecule has 4 nitrogen and oxygen atoms in total. The van der Waals surface area contributed by atoms with Gasteiger partial charge in [-0.2, -0.15) is 0 Å². The van der Waals surface area contributed by atoms with Crippen molar-refractivity contribution in [2.75, 3.05) is 13.1 Å². The van der Waals surface area contributed by atoms with Crippen LogP contribution in [0.4, 0.5) is 0 Å². The molecule has 0 amide bonds. The van der Waals surface area contributed by atoms with Crippen molar-refractivity contribution >= 4 is 32.7 Å². The van der Waals surface area contributed by atoms with Crippen molar-refractivity contribution in [1.29, 1.82) is 0 Å². The Morgan fingerprint density at radius 2 is 1.70 bits per heavy atom. The van der Waals surface area contributed by atoms with Crippen LogP contribution in [0.5, 0.6) is 0 Å². The molecule has 1 saturated heterocycles. The normalized spacial score (nSPS) is 20.4. The molecule has 1 atom stereocenters. The second-order valence-electron chi connectivity index (χ2n) is 9.42. The van der Waals surface area contributed by atoms with Gasteiger partial charge in [0.2, 0.25) is 0 Å². The summed E-state index contributed by atoms with van der Waals surface area (Å²) in [6.07, 6.45) is 2.98. The van der Waals surface area contributed by atoms with E-state index in [1.165, 1.54) is 11.1 Å². The highest BCUT2D eigenvalue weighted by Gasteiger charge is 2.48. The fraction of sp³-hybridized carbons (Fsp3) is 0.286. The van der Waals surface area contributed by atoms with Crippen LogP contribution in [0.1, 0.15) is 19.3 Å². The van der Waals surface area contributed by atoms with Gasteiger partial charge in [0.15, 0.2) is 0 Å². The molecule has 6 rings (SSSR count). The molecule has 2 heterocycles. The third-order valence-corrected chi connectivity index (χ3v) is 7.78. The summed E-state index contributed by atoms with van der Waals surface area (Å²) in [7, 11) is 0. The summed E-state index contributed by atoms with van der Waals surface area (Å²) in [5.41, 5.74) is 5.11. The average molecular weight is 500 g/mol. The molecule has 166 valence electrons. The number of aromatic nitrogens is 2. The van der Waals surface area contributed by atoms with Crippen molar-refractivity contribution in [3.63, 3.8) is 0 Å². The van der Waals surface area contributed by atoms with Gasteiger partial charge >= 0.3 is 0 Å². The molecule has 0 bridgehead atoms. The molecular formula is C28H26BrN3O. The van der Waals surface area contributed by atoms with E-state index in [0.29, 0.717) is 12.3 Å². The van der Waals surface area contributed by atoms with Crippen molar-refractivity contribution in [1.82, 2.24) is 14.9 Å². The van der Waals surface area contributed by atoms with E-state index in [-0.39, 0.29) is 11.3 Å². The van der Waals surface area contributed by atoms with Gasteiger partial charge in [0.05, 0.1) is 16.4 Å². The Labute approximate surface area is 202 Å². The Morgan fingerprint density at radius 3 is 2.39 bits per heavy atom. The number of para-hydroxylation sites is 1. The lowest BCUT2D eigenvalue weighted by atomic mass is 9.80. The lowest BCUT2D eigenvalue weighted by Gasteiger charge is -2.28. The summed E-state index contributed by atoms with van der Waals surface area (Å²) in [6, 6.07) is 25.2. The number of nitrogens with zero attached hydrogens (tertiary/aromatic N) is 2. The molecule has 4 aromatic rings. The minimum atomic E-state index is -0.358. The van der Waals surface area contributed by atoms with Crippen LogP contribution >= 0.6 is 15.9 Å². The van der Waals surface area contributed by atoms with Gasteiger partial charge < -0.3 is 9.88 Å². The van der Waals surface area contributed by atoms with Crippen molar-refractivity contribution in [2.45, 2.75) is 25.8 Å². The first kappa shape index (κ1) is 20.8. The molecule has 1 N–H and O–H groups in total. The summed E-state index contributed by atoms with van der Waals surface area (Å²) in [5, 5.41) is 3.47. The fourth-order valence-electron chi connectivity index (χ4n) is 5.21. The predicted octanol–water partition coefficient (Wildman–Crippen LogP) is 6.09. The number of imidazole rings is 1. The highest BCUT2D eigenvalue weighted by atomic mass is 79.9. The lowest BCUT2D eigenvalue weighted by Crippen LogP contribution is -2.39. The number of hydrogen-bond donors (Lipinski definition) is 1. The van der Waals surface area contributed by atoms with Gasteiger partial charge in [0.25, 0.3) is 0 Å². The second kappa shape index (κ2) is 8.23. The van der Waals surface area contributed by atoms with Crippen LogP contribution in [0.2, 0.25) is 0 Å². The van der Waals surface area contributed by atoms with Crippen LogP contribution in [0.25, 0.3) is 33.5 Å². The maximum Gasteiger partial charge on any atom is 0.145 e. The van der Waals surface area contributed by atoms with E-state index in [0.717, 1.165) is 59.2 Å². The number of carbonyl (C=O) groups excluding carboxylic acids is 1. The number of nitrogens with one attached hydrogen (secondary N) is 1. The van der Waals surface area contributed by atoms with Crippen LogP contribution in [-0.4, -0.2) is 28.4 Å². The number of Topliss-reactive ketones (excluding diaryl/α,β-unsaturated/α-hetero) is 1. The molecule has 1 aromatic heterocycles. The van der Waals surface area contributed by atoms with Gasteiger partial charge in [-0.1, -0.05) is 60.7 Å². The van der Waals surface area contributed by atoms with Crippen LogP contribution in [-0.2, 0) is 11.3 Å². The lowest BCUT2D eigenvalue weighted by molar-refractivity contribution is -0.129. The monoisotopic (exact) mass is 499 g/mol. The molecule has 0 radical (unpaired) electrons. The summed E-state index contributed by atoms with van der Waals surface area (Å²) in [6.45, 7) is 2.30. The molecule has 3 aromatic carbocycles. The smallest absolute Gasteiger partial charge is 0.145 e. The van der Waals surface area contributed by atoms with Crippen molar-refractivity contribution in [2.24, 2.45) is 11.3 Å².